The molecule has 1 aliphatic carbocycles. The van der Waals surface area contributed by atoms with Crippen molar-refractivity contribution < 1.29 is 19.1 Å². The Morgan fingerprint density at radius 3 is 2.84 bits per heavy atom. The fourth-order valence-corrected chi connectivity index (χ4v) is 3.43. The summed E-state index contributed by atoms with van der Waals surface area (Å²) in [6, 6.07) is 7.99. The van der Waals surface area contributed by atoms with E-state index in [0.717, 1.165) is 24.2 Å². The Labute approximate surface area is 148 Å². The van der Waals surface area contributed by atoms with E-state index in [4.69, 9.17) is 15.2 Å². The van der Waals surface area contributed by atoms with Crippen molar-refractivity contribution in [3.63, 3.8) is 0 Å². The fourth-order valence-electron chi connectivity index (χ4n) is 3.43. The van der Waals surface area contributed by atoms with Crippen LogP contribution in [0.1, 0.15) is 37.7 Å². The average Bonchev–Trinajstić information content (AvgIpc) is 3.13. The van der Waals surface area contributed by atoms with Gasteiger partial charge in [0.05, 0.1) is 19.3 Å². The predicted molar refractivity (Wildman–Crippen MR) is 93.2 cm³/mol. The molecule has 6 heteroatoms. The maximum Gasteiger partial charge on any atom is 0.248 e. The second-order valence-electron chi connectivity index (χ2n) is 6.77. The Morgan fingerprint density at radius 2 is 2.08 bits per heavy atom. The highest BCUT2D eigenvalue weighted by Gasteiger charge is 2.27. The summed E-state index contributed by atoms with van der Waals surface area (Å²) in [6.45, 7) is 1.11. The Kier molecular flexibility index (Phi) is 5.91. The molecule has 1 aromatic carbocycles. The third kappa shape index (κ3) is 4.95. The molecule has 6 nitrogen and oxygen atoms in total. The number of ether oxygens (including phenoxy) is 2. The zero-order valence-electron chi connectivity index (χ0n) is 14.5. The van der Waals surface area contributed by atoms with E-state index in [0.29, 0.717) is 32.1 Å². The minimum absolute atomic E-state index is 0.0247. The second kappa shape index (κ2) is 8.34. The molecule has 2 N–H and O–H groups in total. The zero-order chi connectivity index (χ0) is 17.6. The van der Waals surface area contributed by atoms with Gasteiger partial charge in [0.1, 0.15) is 5.75 Å². The van der Waals surface area contributed by atoms with Crippen molar-refractivity contribution in [2.45, 2.75) is 50.7 Å². The van der Waals surface area contributed by atoms with Crippen molar-refractivity contribution in [1.82, 2.24) is 4.90 Å². The van der Waals surface area contributed by atoms with Gasteiger partial charge >= 0.3 is 0 Å². The number of rotatable bonds is 6. The molecule has 0 spiro atoms. The number of hydrogen-bond acceptors (Lipinski definition) is 4. The molecule has 25 heavy (non-hydrogen) atoms. The van der Waals surface area contributed by atoms with Crippen LogP contribution in [0.15, 0.2) is 24.3 Å². The maximum absolute atomic E-state index is 12.4. The number of carbonyl (C=O) groups excluding carboxylic acids is 2. The summed E-state index contributed by atoms with van der Waals surface area (Å²) in [6.07, 6.45) is 5.42. The lowest BCUT2D eigenvalue weighted by Crippen LogP contribution is -2.50. The van der Waals surface area contributed by atoms with Crippen molar-refractivity contribution in [3.8, 4) is 5.75 Å². The zero-order valence-corrected chi connectivity index (χ0v) is 14.5. The summed E-state index contributed by atoms with van der Waals surface area (Å²) in [5, 5.41) is 0. The van der Waals surface area contributed by atoms with Crippen LogP contribution in [0.4, 0.5) is 0 Å². The van der Waals surface area contributed by atoms with Crippen molar-refractivity contribution in [3.05, 3.63) is 29.8 Å². The number of hydrogen-bond donors (Lipinski definition) is 1. The topological polar surface area (TPSA) is 81.9 Å². The second-order valence-corrected chi connectivity index (χ2v) is 6.77. The van der Waals surface area contributed by atoms with E-state index in [1.54, 1.807) is 4.90 Å². The number of amides is 2. The highest BCUT2D eigenvalue weighted by molar-refractivity contribution is 5.81. The van der Waals surface area contributed by atoms with E-state index in [1.807, 2.05) is 24.3 Å². The van der Waals surface area contributed by atoms with Gasteiger partial charge in [0.25, 0.3) is 0 Å². The van der Waals surface area contributed by atoms with Crippen LogP contribution < -0.4 is 10.5 Å². The van der Waals surface area contributed by atoms with E-state index < -0.39 is 12.0 Å². The van der Waals surface area contributed by atoms with Crippen LogP contribution >= 0.6 is 0 Å². The van der Waals surface area contributed by atoms with E-state index in [1.165, 1.54) is 12.8 Å². The molecule has 2 aliphatic rings. The number of benzene rings is 1. The molecule has 2 amide bonds. The van der Waals surface area contributed by atoms with Crippen LogP contribution in [0.25, 0.3) is 0 Å². The summed E-state index contributed by atoms with van der Waals surface area (Å²) >= 11 is 0. The first kappa shape index (κ1) is 17.7. The van der Waals surface area contributed by atoms with E-state index in [-0.39, 0.29) is 12.5 Å². The van der Waals surface area contributed by atoms with Crippen molar-refractivity contribution in [2.75, 3.05) is 19.7 Å². The first-order valence-electron chi connectivity index (χ1n) is 9.06. The van der Waals surface area contributed by atoms with Gasteiger partial charge in [-0.1, -0.05) is 12.1 Å². The van der Waals surface area contributed by atoms with E-state index >= 15 is 0 Å². The highest BCUT2D eigenvalue weighted by Crippen LogP contribution is 2.25. The highest BCUT2D eigenvalue weighted by atomic mass is 16.5. The lowest BCUT2D eigenvalue weighted by molar-refractivity contribution is -0.145. The van der Waals surface area contributed by atoms with Gasteiger partial charge in [-0.2, -0.15) is 0 Å². The standard InChI is InChI=1S/C19H26N2O4/c20-19(23)17-13-21(10-11-24-17)18(22)9-8-14-4-3-7-16(12-14)25-15-5-1-2-6-15/h3-4,7,12,15,17H,1-2,5-6,8-11,13H2,(H2,20,23)/t17-/m1/s1. The first-order chi connectivity index (χ1) is 12.1. The minimum atomic E-state index is -0.694. The molecule has 1 heterocycles. The van der Waals surface area contributed by atoms with Crippen molar-refractivity contribution in [1.29, 1.82) is 0 Å². The van der Waals surface area contributed by atoms with Crippen molar-refractivity contribution >= 4 is 11.8 Å². The summed E-state index contributed by atoms with van der Waals surface area (Å²) in [7, 11) is 0. The monoisotopic (exact) mass is 346 g/mol. The molecule has 2 fully saturated rings. The Balaban J connectivity index is 1.50. The molecule has 1 aromatic rings. The van der Waals surface area contributed by atoms with Gasteiger partial charge in [0.15, 0.2) is 6.10 Å². The molecular formula is C19H26N2O4. The van der Waals surface area contributed by atoms with Gasteiger partial charge in [-0.25, -0.2) is 0 Å². The number of carbonyl (C=O) groups is 2. The smallest absolute Gasteiger partial charge is 0.248 e. The Morgan fingerprint density at radius 1 is 1.28 bits per heavy atom. The normalized spacial score (nSPS) is 21.3. The summed E-state index contributed by atoms with van der Waals surface area (Å²) in [5.41, 5.74) is 6.35. The molecule has 1 saturated heterocycles. The largest absolute Gasteiger partial charge is 0.490 e. The van der Waals surface area contributed by atoms with Crippen LogP contribution in [0.2, 0.25) is 0 Å². The van der Waals surface area contributed by atoms with Crippen molar-refractivity contribution in [2.24, 2.45) is 5.73 Å². The van der Waals surface area contributed by atoms with Gasteiger partial charge in [-0.3, -0.25) is 9.59 Å². The molecule has 0 aromatic heterocycles. The molecule has 0 bridgehead atoms. The third-order valence-corrected chi connectivity index (χ3v) is 4.87. The maximum atomic E-state index is 12.4. The number of primary amides is 1. The predicted octanol–water partition coefficient (Wildman–Crippen LogP) is 1.65. The quantitative estimate of drug-likeness (QED) is 0.849. The fraction of sp³-hybridized carbons (Fsp3) is 0.579. The molecule has 0 unspecified atom stereocenters. The molecule has 3 rings (SSSR count). The van der Waals surface area contributed by atoms with Gasteiger partial charge in [-0.15, -0.1) is 0 Å². The number of nitrogens with zero attached hydrogens (tertiary/aromatic N) is 1. The van der Waals surface area contributed by atoms with Gasteiger partial charge in [0.2, 0.25) is 11.8 Å². The molecule has 1 aliphatic heterocycles. The lowest BCUT2D eigenvalue weighted by atomic mass is 10.1. The minimum Gasteiger partial charge on any atom is -0.490 e. The van der Waals surface area contributed by atoms with Crippen LogP contribution in [-0.2, 0) is 20.7 Å². The molecule has 1 atom stereocenters. The van der Waals surface area contributed by atoms with Crippen LogP contribution in [0.3, 0.4) is 0 Å². The van der Waals surface area contributed by atoms with E-state index in [9.17, 15) is 9.59 Å². The number of nitrogens with two attached hydrogens (primary N) is 1. The van der Waals surface area contributed by atoms with Gasteiger partial charge < -0.3 is 20.1 Å². The average molecular weight is 346 g/mol. The summed E-state index contributed by atoms with van der Waals surface area (Å²) in [4.78, 5) is 25.3. The van der Waals surface area contributed by atoms with Crippen LogP contribution in [-0.4, -0.2) is 48.6 Å². The SMILES string of the molecule is NC(=O)[C@H]1CN(C(=O)CCc2cccc(OC3CCCC3)c2)CCO1. The van der Waals surface area contributed by atoms with Gasteiger partial charge in [0, 0.05) is 13.0 Å². The number of morpholine rings is 1. The van der Waals surface area contributed by atoms with E-state index in [2.05, 4.69) is 0 Å². The lowest BCUT2D eigenvalue weighted by Gasteiger charge is -2.31. The summed E-state index contributed by atoms with van der Waals surface area (Å²) < 4.78 is 11.3. The molecular weight excluding hydrogens is 320 g/mol. The number of aryl methyl sites for hydroxylation is 1. The van der Waals surface area contributed by atoms with Crippen LogP contribution in [0, 0.1) is 0 Å². The molecule has 1 saturated carbocycles. The Hall–Kier alpha value is -2.08. The molecule has 136 valence electrons. The Bertz CT molecular complexity index is 613. The summed E-state index contributed by atoms with van der Waals surface area (Å²) in [5.74, 6) is 0.392. The molecule has 0 radical (unpaired) electrons. The van der Waals surface area contributed by atoms with Gasteiger partial charge in [-0.05, 0) is 49.8 Å². The third-order valence-electron chi connectivity index (χ3n) is 4.87. The first-order valence-corrected chi connectivity index (χ1v) is 9.06. The van der Waals surface area contributed by atoms with Crippen LogP contribution in [0.5, 0.6) is 5.75 Å².